The second-order valence-corrected chi connectivity index (χ2v) is 5.42. The van der Waals surface area contributed by atoms with Crippen LogP contribution in [-0.4, -0.2) is 14.7 Å². The fourth-order valence-electron chi connectivity index (χ4n) is 1.83. The second-order valence-electron chi connectivity index (χ2n) is 5.42. The van der Waals surface area contributed by atoms with E-state index < -0.39 is 5.60 Å². The fraction of sp³-hybridized carbons (Fsp3) is 0.727. The van der Waals surface area contributed by atoms with Gasteiger partial charge >= 0.3 is 0 Å². The molecule has 0 fully saturated rings. The zero-order valence-corrected chi connectivity index (χ0v) is 9.33. The van der Waals surface area contributed by atoms with Crippen LogP contribution < -0.4 is 0 Å². The first-order chi connectivity index (χ1) is 6.31. The largest absolute Gasteiger partial charge is 0.382 e. The van der Waals surface area contributed by atoms with Crippen LogP contribution in [0.25, 0.3) is 0 Å². The van der Waals surface area contributed by atoms with Gasteiger partial charge in [-0.05, 0) is 6.92 Å². The summed E-state index contributed by atoms with van der Waals surface area (Å²) in [6.45, 7) is 9.13. The molecule has 0 radical (unpaired) electrons. The number of aryl methyl sites for hydroxylation is 1. The minimum absolute atomic E-state index is 0.0629. The number of hydrogen-bond donors (Lipinski definition) is 1. The first kappa shape index (κ1) is 9.71. The van der Waals surface area contributed by atoms with Crippen LogP contribution in [0.4, 0.5) is 0 Å². The Hall–Kier alpha value is -0.830. The summed E-state index contributed by atoms with van der Waals surface area (Å²) in [4.78, 5) is 4.53. The maximum Gasteiger partial charge on any atom is 0.140 e. The first-order valence-corrected chi connectivity index (χ1v) is 5.11. The molecule has 3 nitrogen and oxygen atoms in total. The van der Waals surface area contributed by atoms with E-state index in [1.807, 2.05) is 6.92 Å². The predicted octanol–water partition coefficient (Wildman–Crippen LogP) is 1.79. The highest BCUT2D eigenvalue weighted by Crippen LogP contribution is 2.33. The van der Waals surface area contributed by atoms with Crippen molar-refractivity contribution in [1.82, 2.24) is 9.55 Å². The van der Waals surface area contributed by atoms with Gasteiger partial charge in [0.05, 0.1) is 5.69 Å². The van der Waals surface area contributed by atoms with Crippen molar-refractivity contribution in [3.63, 3.8) is 0 Å². The SMILES string of the molecule is CC(C)(C)c1cn2c(n1)C(C)(O)CC2. The van der Waals surface area contributed by atoms with Gasteiger partial charge in [0.15, 0.2) is 0 Å². The monoisotopic (exact) mass is 194 g/mol. The van der Waals surface area contributed by atoms with Crippen molar-refractivity contribution in [3.8, 4) is 0 Å². The van der Waals surface area contributed by atoms with Crippen LogP contribution in [0.3, 0.4) is 0 Å². The molecule has 78 valence electrons. The van der Waals surface area contributed by atoms with Gasteiger partial charge in [-0.3, -0.25) is 0 Å². The third-order valence-corrected chi connectivity index (χ3v) is 2.87. The molecular formula is C11H18N2O. The number of aromatic nitrogens is 2. The molecule has 1 aromatic heterocycles. The molecule has 0 bridgehead atoms. The summed E-state index contributed by atoms with van der Waals surface area (Å²) >= 11 is 0. The van der Waals surface area contributed by atoms with Crippen LogP contribution in [0.2, 0.25) is 0 Å². The topological polar surface area (TPSA) is 38.0 Å². The van der Waals surface area contributed by atoms with Gasteiger partial charge in [-0.2, -0.15) is 0 Å². The Labute approximate surface area is 84.8 Å². The number of hydrogen-bond acceptors (Lipinski definition) is 2. The quantitative estimate of drug-likeness (QED) is 0.683. The van der Waals surface area contributed by atoms with Gasteiger partial charge in [0.2, 0.25) is 0 Å². The summed E-state index contributed by atoms with van der Waals surface area (Å²) in [5.41, 5.74) is 0.393. The molecule has 3 heteroatoms. The smallest absolute Gasteiger partial charge is 0.140 e. The van der Waals surface area contributed by atoms with Crippen molar-refractivity contribution in [1.29, 1.82) is 0 Å². The van der Waals surface area contributed by atoms with E-state index in [0.717, 1.165) is 24.5 Å². The molecule has 1 aliphatic rings. The Morgan fingerprint density at radius 3 is 2.64 bits per heavy atom. The first-order valence-electron chi connectivity index (χ1n) is 5.11. The average Bonchev–Trinajstić information content (AvgIpc) is 2.51. The summed E-state index contributed by atoms with van der Waals surface area (Å²) in [6.07, 6.45) is 2.84. The normalized spacial score (nSPS) is 26.6. The summed E-state index contributed by atoms with van der Waals surface area (Å²) < 4.78 is 2.07. The van der Waals surface area contributed by atoms with Crippen molar-refractivity contribution >= 4 is 0 Å². The number of fused-ring (bicyclic) bond motifs is 1. The molecule has 0 aliphatic carbocycles. The molecule has 0 amide bonds. The zero-order valence-electron chi connectivity index (χ0n) is 9.33. The van der Waals surface area contributed by atoms with Gasteiger partial charge in [0.1, 0.15) is 11.4 Å². The Balaban J connectivity index is 2.45. The molecule has 2 rings (SSSR count). The van der Waals surface area contributed by atoms with Gasteiger partial charge in [0, 0.05) is 24.6 Å². The van der Waals surface area contributed by atoms with E-state index in [0.29, 0.717) is 0 Å². The highest BCUT2D eigenvalue weighted by atomic mass is 16.3. The van der Waals surface area contributed by atoms with E-state index in [-0.39, 0.29) is 5.41 Å². The lowest BCUT2D eigenvalue weighted by Crippen LogP contribution is -2.19. The van der Waals surface area contributed by atoms with Crippen molar-refractivity contribution in [2.45, 2.75) is 51.7 Å². The van der Waals surface area contributed by atoms with Crippen LogP contribution in [0.1, 0.15) is 45.6 Å². The van der Waals surface area contributed by atoms with Crippen molar-refractivity contribution < 1.29 is 5.11 Å². The fourth-order valence-corrected chi connectivity index (χ4v) is 1.83. The van der Waals surface area contributed by atoms with Crippen LogP contribution in [0.5, 0.6) is 0 Å². The molecule has 1 atom stereocenters. The lowest BCUT2D eigenvalue weighted by atomic mass is 9.93. The lowest BCUT2D eigenvalue weighted by molar-refractivity contribution is 0.0548. The Morgan fingerprint density at radius 2 is 2.14 bits per heavy atom. The molecule has 0 saturated carbocycles. The Morgan fingerprint density at radius 1 is 1.50 bits per heavy atom. The highest BCUT2D eigenvalue weighted by molar-refractivity contribution is 5.19. The molecular weight excluding hydrogens is 176 g/mol. The highest BCUT2D eigenvalue weighted by Gasteiger charge is 2.36. The Kier molecular flexibility index (Phi) is 1.80. The van der Waals surface area contributed by atoms with Crippen LogP contribution >= 0.6 is 0 Å². The van der Waals surface area contributed by atoms with Gasteiger partial charge in [-0.25, -0.2) is 4.98 Å². The Bertz CT molecular complexity index is 358. The van der Waals surface area contributed by atoms with E-state index in [9.17, 15) is 5.11 Å². The standard InChI is InChI=1S/C11H18N2O/c1-10(2,3)8-7-13-6-5-11(4,14)9(13)12-8/h7,14H,5-6H2,1-4H3. The molecule has 2 heterocycles. The van der Waals surface area contributed by atoms with Gasteiger partial charge in [-0.1, -0.05) is 20.8 Å². The molecule has 1 aliphatic heterocycles. The van der Waals surface area contributed by atoms with Gasteiger partial charge in [-0.15, -0.1) is 0 Å². The molecule has 1 unspecified atom stereocenters. The molecule has 0 aromatic carbocycles. The number of aliphatic hydroxyl groups is 1. The van der Waals surface area contributed by atoms with Gasteiger partial charge < -0.3 is 9.67 Å². The maximum absolute atomic E-state index is 10.0. The van der Waals surface area contributed by atoms with Crippen molar-refractivity contribution in [3.05, 3.63) is 17.7 Å². The molecule has 1 aromatic rings. The van der Waals surface area contributed by atoms with E-state index in [1.165, 1.54) is 0 Å². The summed E-state index contributed by atoms with van der Waals surface area (Å²) in [5, 5.41) is 10.0. The van der Waals surface area contributed by atoms with E-state index in [4.69, 9.17) is 0 Å². The molecule has 0 saturated heterocycles. The minimum atomic E-state index is -0.733. The van der Waals surface area contributed by atoms with Crippen LogP contribution in [-0.2, 0) is 17.6 Å². The number of imidazole rings is 1. The van der Waals surface area contributed by atoms with E-state index >= 15 is 0 Å². The van der Waals surface area contributed by atoms with E-state index in [1.54, 1.807) is 0 Å². The zero-order chi connectivity index (χ0) is 10.6. The average molecular weight is 194 g/mol. The third-order valence-electron chi connectivity index (χ3n) is 2.87. The third kappa shape index (κ3) is 1.36. The second kappa shape index (κ2) is 2.60. The number of rotatable bonds is 0. The number of nitrogens with zero attached hydrogens (tertiary/aromatic N) is 2. The van der Waals surface area contributed by atoms with Crippen LogP contribution in [0.15, 0.2) is 6.20 Å². The van der Waals surface area contributed by atoms with Crippen molar-refractivity contribution in [2.75, 3.05) is 0 Å². The van der Waals surface area contributed by atoms with Crippen LogP contribution in [0, 0.1) is 0 Å². The molecule has 14 heavy (non-hydrogen) atoms. The summed E-state index contributed by atoms with van der Waals surface area (Å²) in [5.74, 6) is 0.822. The predicted molar refractivity (Wildman–Crippen MR) is 55.1 cm³/mol. The lowest BCUT2D eigenvalue weighted by Gasteiger charge is -2.16. The van der Waals surface area contributed by atoms with Gasteiger partial charge in [0.25, 0.3) is 0 Å². The van der Waals surface area contributed by atoms with E-state index in [2.05, 4.69) is 36.5 Å². The maximum atomic E-state index is 10.0. The minimum Gasteiger partial charge on any atom is -0.382 e. The summed E-state index contributed by atoms with van der Waals surface area (Å²) in [7, 11) is 0. The summed E-state index contributed by atoms with van der Waals surface area (Å²) in [6, 6.07) is 0. The van der Waals surface area contributed by atoms with Crippen molar-refractivity contribution in [2.24, 2.45) is 0 Å². The molecule has 1 N–H and O–H groups in total. The molecule has 0 spiro atoms.